The van der Waals surface area contributed by atoms with Crippen LogP contribution in [0, 0.1) is 0 Å². The molecule has 0 bridgehead atoms. The number of aromatic amines is 1. The van der Waals surface area contributed by atoms with Crippen molar-refractivity contribution < 1.29 is 13.2 Å². The average molecular weight is 334 g/mol. The molecule has 1 atom stereocenters. The van der Waals surface area contributed by atoms with Gasteiger partial charge in [-0.2, -0.15) is 4.31 Å². The third kappa shape index (κ3) is 3.12. The van der Waals surface area contributed by atoms with Crippen LogP contribution in [0.5, 0.6) is 0 Å². The fourth-order valence-corrected chi connectivity index (χ4v) is 4.63. The molecule has 2 aliphatic heterocycles. The van der Waals surface area contributed by atoms with Crippen LogP contribution < -0.4 is 0 Å². The van der Waals surface area contributed by atoms with E-state index in [2.05, 4.69) is 9.88 Å². The van der Waals surface area contributed by atoms with Crippen molar-refractivity contribution in [3.63, 3.8) is 0 Å². The first-order valence-electron chi connectivity index (χ1n) is 7.16. The Hall–Kier alpha value is -0.600. The number of morpholine rings is 1. The van der Waals surface area contributed by atoms with Crippen molar-refractivity contribution >= 4 is 21.6 Å². The number of ether oxygens (including phenoxy) is 1. The molecular formula is C13H20ClN3O3S. The number of rotatable bonds is 4. The van der Waals surface area contributed by atoms with Gasteiger partial charge in [0, 0.05) is 44.1 Å². The number of sulfonamides is 1. The summed E-state index contributed by atoms with van der Waals surface area (Å²) in [4.78, 5) is 5.53. The maximum absolute atomic E-state index is 12.6. The Morgan fingerprint density at radius 1 is 1.33 bits per heavy atom. The number of hydrogen-bond donors (Lipinski definition) is 1. The molecule has 0 amide bonds. The maximum Gasteiger partial charge on any atom is 0.244 e. The fraction of sp³-hybridized carbons (Fsp3) is 0.692. The molecule has 3 heterocycles. The molecule has 2 saturated heterocycles. The first kappa shape index (κ1) is 15.3. The first-order valence-corrected chi connectivity index (χ1v) is 9.14. The number of hydrogen-bond acceptors (Lipinski definition) is 4. The molecule has 3 rings (SSSR count). The van der Waals surface area contributed by atoms with E-state index in [0.29, 0.717) is 24.0 Å². The van der Waals surface area contributed by atoms with Crippen LogP contribution >= 0.6 is 11.6 Å². The van der Waals surface area contributed by atoms with Crippen molar-refractivity contribution in [2.24, 2.45) is 0 Å². The van der Waals surface area contributed by atoms with Gasteiger partial charge >= 0.3 is 0 Å². The van der Waals surface area contributed by atoms with Crippen LogP contribution in [0.1, 0.15) is 12.1 Å². The van der Waals surface area contributed by atoms with E-state index in [4.69, 9.17) is 16.3 Å². The van der Waals surface area contributed by atoms with Gasteiger partial charge in [-0.1, -0.05) is 0 Å². The summed E-state index contributed by atoms with van der Waals surface area (Å²) >= 11 is 5.72. The molecule has 0 aromatic carbocycles. The van der Waals surface area contributed by atoms with Crippen molar-refractivity contribution in [3.05, 3.63) is 18.0 Å². The molecule has 0 aliphatic carbocycles. The number of aromatic nitrogens is 1. The van der Waals surface area contributed by atoms with E-state index in [9.17, 15) is 8.42 Å². The van der Waals surface area contributed by atoms with Crippen LogP contribution in [0.25, 0.3) is 0 Å². The number of alkyl halides is 1. The Bertz CT molecular complexity index is 583. The molecule has 1 aromatic rings. The third-order valence-corrected chi connectivity index (χ3v) is 6.32. The number of H-pyrrole nitrogens is 1. The van der Waals surface area contributed by atoms with Crippen molar-refractivity contribution in [3.8, 4) is 0 Å². The largest absolute Gasteiger partial charge is 0.379 e. The molecule has 1 N–H and O–H groups in total. The van der Waals surface area contributed by atoms with E-state index in [1.807, 2.05) is 0 Å². The first-order chi connectivity index (χ1) is 10.1. The van der Waals surface area contributed by atoms with Crippen molar-refractivity contribution in [1.82, 2.24) is 14.2 Å². The minimum atomic E-state index is -3.41. The molecule has 6 nitrogen and oxygen atoms in total. The van der Waals surface area contributed by atoms with Gasteiger partial charge in [-0.05, 0) is 12.5 Å². The highest BCUT2D eigenvalue weighted by atomic mass is 35.5. The van der Waals surface area contributed by atoms with Gasteiger partial charge in [0.15, 0.2) is 0 Å². The smallest absolute Gasteiger partial charge is 0.244 e. The third-order valence-electron chi connectivity index (χ3n) is 4.19. The molecule has 2 fully saturated rings. The van der Waals surface area contributed by atoms with Gasteiger partial charge in [-0.15, -0.1) is 11.6 Å². The zero-order valence-electron chi connectivity index (χ0n) is 11.8. The second kappa shape index (κ2) is 6.26. The van der Waals surface area contributed by atoms with Crippen LogP contribution in [0.2, 0.25) is 0 Å². The van der Waals surface area contributed by atoms with E-state index in [1.54, 1.807) is 10.4 Å². The van der Waals surface area contributed by atoms with Gasteiger partial charge in [0.25, 0.3) is 0 Å². The second-order valence-corrected chi connectivity index (χ2v) is 7.65. The predicted molar refractivity (Wildman–Crippen MR) is 79.9 cm³/mol. The van der Waals surface area contributed by atoms with E-state index in [0.717, 1.165) is 38.4 Å². The van der Waals surface area contributed by atoms with Crippen molar-refractivity contribution in [1.29, 1.82) is 0 Å². The summed E-state index contributed by atoms with van der Waals surface area (Å²) in [6.45, 7) is 4.38. The molecule has 21 heavy (non-hydrogen) atoms. The number of halogens is 1. The molecule has 0 radical (unpaired) electrons. The average Bonchev–Trinajstić information content (AvgIpc) is 3.18. The Kier molecular flexibility index (Phi) is 4.56. The van der Waals surface area contributed by atoms with Crippen molar-refractivity contribution in [2.45, 2.75) is 23.2 Å². The van der Waals surface area contributed by atoms with Gasteiger partial charge in [-0.3, -0.25) is 4.90 Å². The maximum atomic E-state index is 12.6. The van der Waals surface area contributed by atoms with Crippen LogP contribution in [0.15, 0.2) is 17.2 Å². The minimum absolute atomic E-state index is 0.284. The lowest BCUT2D eigenvalue weighted by Gasteiger charge is -2.32. The second-order valence-electron chi connectivity index (χ2n) is 5.45. The molecular weight excluding hydrogens is 314 g/mol. The normalized spacial score (nSPS) is 25.5. The zero-order chi connectivity index (χ0) is 14.9. The summed E-state index contributed by atoms with van der Waals surface area (Å²) in [7, 11) is -3.41. The number of nitrogens with one attached hydrogen (secondary N) is 1. The summed E-state index contributed by atoms with van der Waals surface area (Å²) in [5.74, 6) is 0.284. The zero-order valence-corrected chi connectivity index (χ0v) is 13.4. The van der Waals surface area contributed by atoms with Gasteiger partial charge in [-0.25, -0.2) is 8.42 Å². The Morgan fingerprint density at radius 2 is 2.10 bits per heavy atom. The van der Waals surface area contributed by atoms with E-state index < -0.39 is 10.0 Å². The Balaban J connectivity index is 1.69. The van der Waals surface area contributed by atoms with Crippen molar-refractivity contribution in [2.75, 3.05) is 39.4 Å². The SMILES string of the molecule is O=S(=O)(c1c[nH]c(CCl)c1)N1CCC(N2CCOCC2)C1. The summed E-state index contributed by atoms with van der Waals surface area (Å²) < 4.78 is 32.1. The Labute approximate surface area is 130 Å². The quantitative estimate of drug-likeness (QED) is 0.830. The van der Waals surface area contributed by atoms with E-state index in [1.165, 1.54) is 6.20 Å². The van der Waals surface area contributed by atoms with Crippen LogP contribution in [0.3, 0.4) is 0 Å². The molecule has 0 saturated carbocycles. The van der Waals surface area contributed by atoms with Crippen LogP contribution in [-0.2, 0) is 20.6 Å². The van der Waals surface area contributed by atoms with Gasteiger partial charge < -0.3 is 9.72 Å². The molecule has 1 unspecified atom stereocenters. The lowest BCUT2D eigenvalue weighted by Crippen LogP contribution is -2.45. The van der Waals surface area contributed by atoms with Gasteiger partial charge in [0.05, 0.1) is 24.0 Å². The standard InChI is InChI=1S/C13H20ClN3O3S/c14-8-11-7-13(9-15-11)21(18,19)17-2-1-12(10-17)16-3-5-20-6-4-16/h7,9,12,15H,1-6,8,10H2. The molecule has 1 aromatic heterocycles. The highest BCUT2D eigenvalue weighted by molar-refractivity contribution is 7.89. The van der Waals surface area contributed by atoms with E-state index in [-0.39, 0.29) is 5.88 Å². The molecule has 2 aliphatic rings. The summed E-state index contributed by atoms with van der Waals surface area (Å²) in [6.07, 6.45) is 2.40. The number of nitrogens with zero attached hydrogens (tertiary/aromatic N) is 2. The highest BCUT2D eigenvalue weighted by Crippen LogP contribution is 2.24. The Morgan fingerprint density at radius 3 is 2.76 bits per heavy atom. The summed E-state index contributed by atoms with van der Waals surface area (Å²) in [5.41, 5.74) is 0.721. The van der Waals surface area contributed by atoms with Gasteiger partial charge in [0.1, 0.15) is 0 Å². The molecule has 8 heteroatoms. The fourth-order valence-electron chi connectivity index (χ4n) is 2.96. The minimum Gasteiger partial charge on any atom is -0.379 e. The molecule has 118 valence electrons. The van der Waals surface area contributed by atoms with E-state index >= 15 is 0 Å². The molecule has 0 spiro atoms. The lowest BCUT2D eigenvalue weighted by atomic mass is 10.2. The van der Waals surface area contributed by atoms with Crippen LogP contribution in [0.4, 0.5) is 0 Å². The highest BCUT2D eigenvalue weighted by Gasteiger charge is 2.35. The van der Waals surface area contributed by atoms with Crippen LogP contribution in [-0.4, -0.2) is 68.0 Å². The summed E-state index contributed by atoms with van der Waals surface area (Å²) in [5, 5.41) is 0. The van der Waals surface area contributed by atoms with Gasteiger partial charge in [0.2, 0.25) is 10.0 Å². The monoisotopic (exact) mass is 333 g/mol. The predicted octanol–water partition coefficient (Wildman–Crippen LogP) is 0.849. The summed E-state index contributed by atoms with van der Waals surface area (Å²) in [6, 6.07) is 1.92. The lowest BCUT2D eigenvalue weighted by molar-refractivity contribution is 0.0197. The topological polar surface area (TPSA) is 65.6 Å².